The molecule has 4 nitrogen and oxygen atoms in total. The zero-order valence-electron chi connectivity index (χ0n) is 11.8. The fourth-order valence-electron chi connectivity index (χ4n) is 3.19. The molecule has 3 rings (SSSR count). The van der Waals surface area contributed by atoms with Gasteiger partial charge in [-0.1, -0.05) is 12.1 Å². The lowest BCUT2D eigenvalue weighted by molar-refractivity contribution is -0.139. The fourth-order valence-corrected chi connectivity index (χ4v) is 3.19. The smallest absolute Gasteiger partial charge is 0.306 e. The summed E-state index contributed by atoms with van der Waals surface area (Å²) in [5.41, 5.74) is 1.26. The van der Waals surface area contributed by atoms with Gasteiger partial charge in [0.25, 0.3) is 0 Å². The molecular weight excluding hydrogens is 254 g/mol. The Labute approximate surface area is 119 Å². The minimum atomic E-state index is -0.613. The van der Waals surface area contributed by atoms with Crippen LogP contribution in [0.3, 0.4) is 0 Å². The first-order valence-corrected chi connectivity index (χ1v) is 7.34. The lowest BCUT2D eigenvalue weighted by atomic mass is 9.92. The second-order valence-corrected chi connectivity index (χ2v) is 5.88. The predicted molar refractivity (Wildman–Crippen MR) is 75.6 cm³/mol. The van der Waals surface area contributed by atoms with E-state index in [-0.39, 0.29) is 5.92 Å². The van der Waals surface area contributed by atoms with Crippen molar-refractivity contribution in [3.63, 3.8) is 0 Å². The van der Waals surface area contributed by atoms with Crippen LogP contribution in [0.5, 0.6) is 5.75 Å². The SMILES string of the molecule is CCOc1cccc(CN2CC([C@@H]3C[C@H]3C(=O)O)C2)c1. The normalized spacial score (nSPS) is 26.1. The summed E-state index contributed by atoms with van der Waals surface area (Å²) in [6.07, 6.45) is 0.883. The topological polar surface area (TPSA) is 49.8 Å². The second-order valence-electron chi connectivity index (χ2n) is 5.88. The molecule has 108 valence electrons. The molecule has 1 saturated carbocycles. The zero-order chi connectivity index (χ0) is 14.1. The molecule has 4 heteroatoms. The minimum Gasteiger partial charge on any atom is -0.494 e. The van der Waals surface area contributed by atoms with Gasteiger partial charge >= 0.3 is 5.97 Å². The number of carbonyl (C=O) groups is 1. The molecule has 1 aliphatic carbocycles. The van der Waals surface area contributed by atoms with Crippen molar-refractivity contribution in [3.8, 4) is 5.75 Å². The lowest BCUT2D eigenvalue weighted by Gasteiger charge is -2.39. The number of rotatable bonds is 6. The fraction of sp³-hybridized carbons (Fsp3) is 0.562. The molecule has 0 unspecified atom stereocenters. The van der Waals surface area contributed by atoms with E-state index in [2.05, 4.69) is 17.0 Å². The number of ether oxygens (including phenoxy) is 1. The molecule has 1 aromatic carbocycles. The van der Waals surface area contributed by atoms with E-state index >= 15 is 0 Å². The Morgan fingerprint density at radius 1 is 1.45 bits per heavy atom. The minimum absolute atomic E-state index is 0.0663. The van der Waals surface area contributed by atoms with Gasteiger partial charge in [0.1, 0.15) is 5.75 Å². The second kappa shape index (κ2) is 5.44. The quantitative estimate of drug-likeness (QED) is 0.865. The molecule has 0 aromatic heterocycles. The van der Waals surface area contributed by atoms with E-state index in [1.165, 1.54) is 5.56 Å². The number of hydrogen-bond acceptors (Lipinski definition) is 3. The molecule has 0 spiro atoms. The van der Waals surface area contributed by atoms with Crippen LogP contribution in [-0.4, -0.2) is 35.7 Å². The first kappa shape index (κ1) is 13.4. The van der Waals surface area contributed by atoms with Crippen molar-refractivity contribution in [2.75, 3.05) is 19.7 Å². The summed E-state index contributed by atoms with van der Waals surface area (Å²) in [7, 11) is 0. The highest BCUT2D eigenvalue weighted by atomic mass is 16.5. The number of likely N-dealkylation sites (tertiary alicyclic amines) is 1. The maximum Gasteiger partial charge on any atom is 0.306 e. The van der Waals surface area contributed by atoms with Gasteiger partial charge in [0.05, 0.1) is 12.5 Å². The van der Waals surface area contributed by atoms with Crippen molar-refractivity contribution in [1.29, 1.82) is 0 Å². The number of aliphatic carboxylic acids is 1. The van der Waals surface area contributed by atoms with E-state index in [4.69, 9.17) is 9.84 Å². The number of hydrogen-bond donors (Lipinski definition) is 1. The van der Waals surface area contributed by atoms with Crippen LogP contribution in [0.25, 0.3) is 0 Å². The highest BCUT2D eigenvalue weighted by molar-refractivity contribution is 5.73. The van der Waals surface area contributed by atoms with Crippen LogP contribution in [0.1, 0.15) is 18.9 Å². The van der Waals surface area contributed by atoms with E-state index in [9.17, 15) is 4.79 Å². The van der Waals surface area contributed by atoms with Gasteiger partial charge in [0.2, 0.25) is 0 Å². The average molecular weight is 275 g/mol. The molecule has 1 saturated heterocycles. The van der Waals surface area contributed by atoms with E-state index in [0.717, 1.165) is 31.8 Å². The van der Waals surface area contributed by atoms with Crippen LogP contribution >= 0.6 is 0 Å². The third-order valence-corrected chi connectivity index (χ3v) is 4.36. The number of carboxylic acids is 1. The van der Waals surface area contributed by atoms with Crippen LogP contribution in [0.2, 0.25) is 0 Å². The van der Waals surface area contributed by atoms with E-state index in [1.54, 1.807) is 0 Å². The molecule has 0 radical (unpaired) electrons. The van der Waals surface area contributed by atoms with E-state index in [1.807, 2.05) is 19.1 Å². The van der Waals surface area contributed by atoms with Gasteiger partial charge in [-0.2, -0.15) is 0 Å². The van der Waals surface area contributed by atoms with E-state index in [0.29, 0.717) is 18.4 Å². The van der Waals surface area contributed by atoms with Gasteiger partial charge in [-0.05, 0) is 42.9 Å². The molecule has 2 fully saturated rings. The van der Waals surface area contributed by atoms with Gasteiger partial charge in [0, 0.05) is 19.6 Å². The summed E-state index contributed by atoms with van der Waals surface area (Å²) in [6.45, 7) is 5.68. The molecule has 20 heavy (non-hydrogen) atoms. The first-order valence-electron chi connectivity index (χ1n) is 7.34. The predicted octanol–water partition coefficient (Wildman–Crippen LogP) is 2.24. The molecule has 1 aromatic rings. The van der Waals surface area contributed by atoms with Crippen molar-refractivity contribution in [2.24, 2.45) is 17.8 Å². The molecule has 1 aliphatic heterocycles. The molecule has 0 bridgehead atoms. The summed E-state index contributed by atoms with van der Waals surface area (Å²) >= 11 is 0. The largest absolute Gasteiger partial charge is 0.494 e. The highest BCUT2D eigenvalue weighted by Gasteiger charge is 2.51. The zero-order valence-corrected chi connectivity index (χ0v) is 11.8. The van der Waals surface area contributed by atoms with Gasteiger partial charge in [0.15, 0.2) is 0 Å². The highest BCUT2D eigenvalue weighted by Crippen LogP contribution is 2.47. The van der Waals surface area contributed by atoms with Crippen molar-refractivity contribution < 1.29 is 14.6 Å². The van der Waals surface area contributed by atoms with Crippen LogP contribution in [0.15, 0.2) is 24.3 Å². The summed E-state index contributed by atoms with van der Waals surface area (Å²) in [5, 5.41) is 8.95. The third kappa shape index (κ3) is 2.80. The molecular formula is C16H21NO3. The molecule has 1 heterocycles. The number of benzene rings is 1. The van der Waals surface area contributed by atoms with Gasteiger partial charge in [-0.25, -0.2) is 0 Å². The first-order chi connectivity index (χ1) is 9.67. The lowest BCUT2D eigenvalue weighted by Crippen LogP contribution is -2.47. The summed E-state index contributed by atoms with van der Waals surface area (Å²) in [6, 6.07) is 8.22. The Balaban J connectivity index is 1.47. The summed E-state index contributed by atoms with van der Waals surface area (Å²) in [4.78, 5) is 13.2. The van der Waals surface area contributed by atoms with Gasteiger partial charge in [-0.15, -0.1) is 0 Å². The standard InChI is InChI=1S/C16H21NO3/c1-2-20-13-5-3-4-11(6-13)8-17-9-12(10-17)14-7-15(14)16(18)19/h3-6,12,14-15H,2,7-10H2,1H3,(H,18,19)/t14-,15+/m0/s1. The Morgan fingerprint density at radius 2 is 2.25 bits per heavy atom. The Morgan fingerprint density at radius 3 is 2.90 bits per heavy atom. The number of nitrogens with zero attached hydrogens (tertiary/aromatic N) is 1. The monoisotopic (exact) mass is 275 g/mol. The van der Waals surface area contributed by atoms with Crippen LogP contribution in [0.4, 0.5) is 0 Å². The Kier molecular flexibility index (Phi) is 3.66. The molecule has 0 amide bonds. The van der Waals surface area contributed by atoms with Crippen LogP contribution in [-0.2, 0) is 11.3 Å². The molecule has 2 atom stereocenters. The maximum atomic E-state index is 10.9. The van der Waals surface area contributed by atoms with Crippen LogP contribution < -0.4 is 4.74 Å². The Hall–Kier alpha value is -1.55. The number of carboxylic acid groups (broad SMARTS) is 1. The van der Waals surface area contributed by atoms with Gasteiger partial charge in [-0.3, -0.25) is 9.69 Å². The summed E-state index contributed by atoms with van der Waals surface area (Å²) < 4.78 is 5.51. The molecule has 2 aliphatic rings. The van der Waals surface area contributed by atoms with Crippen molar-refractivity contribution in [3.05, 3.63) is 29.8 Å². The Bertz CT molecular complexity index is 496. The third-order valence-electron chi connectivity index (χ3n) is 4.36. The van der Waals surface area contributed by atoms with Crippen molar-refractivity contribution in [1.82, 2.24) is 4.90 Å². The summed E-state index contributed by atoms with van der Waals surface area (Å²) in [5.74, 6) is 1.26. The molecule has 1 N–H and O–H groups in total. The van der Waals surface area contributed by atoms with Crippen LogP contribution in [0, 0.1) is 17.8 Å². The van der Waals surface area contributed by atoms with Crippen molar-refractivity contribution >= 4 is 5.97 Å². The van der Waals surface area contributed by atoms with E-state index < -0.39 is 5.97 Å². The van der Waals surface area contributed by atoms with Crippen molar-refractivity contribution in [2.45, 2.75) is 19.9 Å². The maximum absolute atomic E-state index is 10.9. The average Bonchev–Trinajstić information content (AvgIpc) is 3.14. The van der Waals surface area contributed by atoms with Gasteiger partial charge < -0.3 is 9.84 Å².